The van der Waals surface area contributed by atoms with Crippen LogP contribution in [0.5, 0.6) is 0 Å². The maximum absolute atomic E-state index is 11.9. The summed E-state index contributed by atoms with van der Waals surface area (Å²) in [5, 5.41) is 5.33. The van der Waals surface area contributed by atoms with Gasteiger partial charge in [0, 0.05) is 5.69 Å². The van der Waals surface area contributed by atoms with Gasteiger partial charge in [0.15, 0.2) is 5.69 Å². The molecule has 0 saturated carbocycles. The second-order valence-corrected chi connectivity index (χ2v) is 5.35. The predicted octanol–water partition coefficient (Wildman–Crippen LogP) is 1.83. The molecule has 0 aliphatic heterocycles. The SMILES string of the molecule is Cc1cc(C)c(NC(=O)CNC(=O)c2cnsn2)c(C)c1. The molecule has 2 rings (SSSR count). The van der Waals surface area contributed by atoms with Gasteiger partial charge in [0.25, 0.3) is 5.91 Å². The van der Waals surface area contributed by atoms with Crippen LogP contribution < -0.4 is 10.6 Å². The van der Waals surface area contributed by atoms with Crippen molar-refractivity contribution in [1.82, 2.24) is 14.1 Å². The summed E-state index contributed by atoms with van der Waals surface area (Å²) in [5.74, 6) is -0.683. The Bertz CT molecular complexity index is 645. The van der Waals surface area contributed by atoms with Crippen molar-refractivity contribution in [3.63, 3.8) is 0 Å². The molecule has 0 aliphatic rings. The van der Waals surface area contributed by atoms with E-state index in [1.165, 1.54) is 6.20 Å². The van der Waals surface area contributed by atoms with Crippen LogP contribution in [0.25, 0.3) is 0 Å². The van der Waals surface area contributed by atoms with E-state index in [1.54, 1.807) is 0 Å². The third-order valence-corrected chi connectivity index (χ3v) is 3.42. The molecule has 0 aliphatic carbocycles. The van der Waals surface area contributed by atoms with Crippen LogP contribution in [0, 0.1) is 20.8 Å². The summed E-state index contributed by atoms with van der Waals surface area (Å²) < 4.78 is 7.54. The minimum Gasteiger partial charge on any atom is -0.342 e. The molecule has 6 nitrogen and oxygen atoms in total. The second-order valence-electron chi connectivity index (χ2n) is 4.80. The first-order valence-corrected chi connectivity index (χ1v) is 7.14. The zero-order valence-electron chi connectivity index (χ0n) is 12.1. The lowest BCUT2D eigenvalue weighted by Crippen LogP contribution is -2.33. The zero-order valence-corrected chi connectivity index (χ0v) is 12.9. The molecule has 2 amide bonds. The van der Waals surface area contributed by atoms with Crippen molar-refractivity contribution in [3.8, 4) is 0 Å². The summed E-state index contributed by atoms with van der Waals surface area (Å²) in [6.45, 7) is 5.78. The molecule has 0 atom stereocenters. The summed E-state index contributed by atoms with van der Waals surface area (Å²) in [6.07, 6.45) is 1.37. The monoisotopic (exact) mass is 304 g/mol. The number of nitrogens with zero attached hydrogens (tertiary/aromatic N) is 2. The molecule has 1 aromatic heterocycles. The van der Waals surface area contributed by atoms with Gasteiger partial charge in [-0.25, -0.2) is 0 Å². The Morgan fingerprint density at radius 3 is 2.43 bits per heavy atom. The molecule has 110 valence electrons. The summed E-state index contributed by atoms with van der Waals surface area (Å²) >= 11 is 0.949. The molecule has 2 aromatic rings. The first-order valence-electron chi connectivity index (χ1n) is 6.41. The fourth-order valence-electron chi connectivity index (χ4n) is 2.08. The average molecular weight is 304 g/mol. The van der Waals surface area contributed by atoms with Crippen LogP contribution in [0.2, 0.25) is 0 Å². The van der Waals surface area contributed by atoms with Gasteiger partial charge in [0.2, 0.25) is 5.91 Å². The van der Waals surface area contributed by atoms with Crippen molar-refractivity contribution < 1.29 is 9.59 Å². The van der Waals surface area contributed by atoms with Crippen LogP contribution in [0.1, 0.15) is 27.2 Å². The Hall–Kier alpha value is -2.28. The number of amides is 2. The fraction of sp³-hybridized carbons (Fsp3) is 0.286. The molecule has 0 spiro atoms. The summed E-state index contributed by atoms with van der Waals surface area (Å²) in [6, 6.07) is 4.00. The molecular weight excluding hydrogens is 288 g/mol. The zero-order chi connectivity index (χ0) is 15.4. The van der Waals surface area contributed by atoms with Crippen molar-refractivity contribution in [2.75, 3.05) is 11.9 Å². The van der Waals surface area contributed by atoms with E-state index in [2.05, 4.69) is 19.4 Å². The van der Waals surface area contributed by atoms with Gasteiger partial charge < -0.3 is 10.6 Å². The third-order valence-electron chi connectivity index (χ3n) is 2.94. The molecule has 1 aromatic carbocycles. The van der Waals surface area contributed by atoms with Crippen LogP contribution in [0.3, 0.4) is 0 Å². The lowest BCUT2D eigenvalue weighted by molar-refractivity contribution is -0.115. The lowest BCUT2D eigenvalue weighted by Gasteiger charge is -2.13. The van der Waals surface area contributed by atoms with Gasteiger partial charge in [-0.15, -0.1) is 0 Å². The summed E-state index contributed by atoms with van der Waals surface area (Å²) in [5.41, 5.74) is 4.14. The van der Waals surface area contributed by atoms with Crippen LogP contribution in [0.15, 0.2) is 18.3 Å². The number of aromatic nitrogens is 2. The smallest absolute Gasteiger partial charge is 0.273 e. The number of hydrogen-bond donors (Lipinski definition) is 2. The van der Waals surface area contributed by atoms with Crippen LogP contribution in [-0.4, -0.2) is 27.1 Å². The highest BCUT2D eigenvalue weighted by Crippen LogP contribution is 2.21. The molecule has 0 radical (unpaired) electrons. The van der Waals surface area contributed by atoms with Gasteiger partial charge in [0.05, 0.1) is 24.5 Å². The molecule has 1 heterocycles. The summed E-state index contributed by atoms with van der Waals surface area (Å²) in [7, 11) is 0. The number of hydrogen-bond acceptors (Lipinski definition) is 5. The Balaban J connectivity index is 1.95. The Kier molecular flexibility index (Phi) is 4.64. The third kappa shape index (κ3) is 3.85. The van der Waals surface area contributed by atoms with Gasteiger partial charge >= 0.3 is 0 Å². The largest absolute Gasteiger partial charge is 0.342 e. The molecular formula is C14H16N4O2S. The van der Waals surface area contributed by atoms with Crippen LogP contribution in [0.4, 0.5) is 5.69 Å². The number of benzene rings is 1. The first-order chi connectivity index (χ1) is 9.97. The Labute approximate surface area is 126 Å². The number of anilines is 1. The normalized spacial score (nSPS) is 10.2. The van der Waals surface area contributed by atoms with E-state index < -0.39 is 5.91 Å². The quantitative estimate of drug-likeness (QED) is 0.902. The highest BCUT2D eigenvalue weighted by atomic mass is 32.1. The second kappa shape index (κ2) is 6.45. The lowest BCUT2D eigenvalue weighted by atomic mass is 10.1. The van der Waals surface area contributed by atoms with E-state index in [9.17, 15) is 9.59 Å². The van der Waals surface area contributed by atoms with Crippen molar-refractivity contribution in [2.45, 2.75) is 20.8 Å². The van der Waals surface area contributed by atoms with E-state index in [1.807, 2.05) is 32.9 Å². The number of rotatable bonds is 4. The number of carbonyl (C=O) groups is 2. The molecule has 21 heavy (non-hydrogen) atoms. The summed E-state index contributed by atoms with van der Waals surface area (Å²) in [4.78, 5) is 23.6. The van der Waals surface area contributed by atoms with Crippen molar-refractivity contribution in [3.05, 3.63) is 40.7 Å². The fourth-order valence-corrected chi connectivity index (χ4v) is 2.49. The van der Waals surface area contributed by atoms with Crippen molar-refractivity contribution >= 4 is 29.2 Å². The first kappa shape index (κ1) is 15.1. The van der Waals surface area contributed by atoms with Crippen LogP contribution in [-0.2, 0) is 4.79 Å². The minimum absolute atomic E-state index is 0.108. The van der Waals surface area contributed by atoms with Gasteiger partial charge in [-0.3, -0.25) is 9.59 Å². The molecule has 2 N–H and O–H groups in total. The number of carbonyl (C=O) groups excluding carboxylic acids is 2. The predicted molar refractivity (Wildman–Crippen MR) is 81.5 cm³/mol. The van der Waals surface area contributed by atoms with E-state index >= 15 is 0 Å². The minimum atomic E-state index is -0.406. The van der Waals surface area contributed by atoms with E-state index in [4.69, 9.17) is 0 Å². The van der Waals surface area contributed by atoms with Crippen molar-refractivity contribution in [1.29, 1.82) is 0 Å². The molecule has 0 bridgehead atoms. The average Bonchev–Trinajstić information content (AvgIpc) is 2.94. The standard InChI is InChI=1S/C14H16N4O2S/c1-8-4-9(2)13(10(3)5-8)17-12(19)7-15-14(20)11-6-16-21-18-11/h4-6H,7H2,1-3H3,(H,15,20)(H,17,19). The highest BCUT2D eigenvalue weighted by Gasteiger charge is 2.12. The van der Waals surface area contributed by atoms with Gasteiger partial charge in [-0.05, 0) is 31.9 Å². The Morgan fingerprint density at radius 2 is 1.86 bits per heavy atom. The van der Waals surface area contributed by atoms with Crippen LogP contribution >= 0.6 is 11.7 Å². The van der Waals surface area contributed by atoms with Gasteiger partial charge in [-0.1, -0.05) is 17.7 Å². The number of aryl methyl sites for hydroxylation is 3. The molecule has 0 fully saturated rings. The Morgan fingerprint density at radius 1 is 1.19 bits per heavy atom. The molecule has 7 heteroatoms. The highest BCUT2D eigenvalue weighted by molar-refractivity contribution is 6.99. The van der Waals surface area contributed by atoms with E-state index in [0.717, 1.165) is 34.1 Å². The van der Waals surface area contributed by atoms with Crippen molar-refractivity contribution in [2.24, 2.45) is 0 Å². The number of nitrogens with one attached hydrogen (secondary N) is 2. The van der Waals surface area contributed by atoms with Gasteiger partial charge in [0.1, 0.15) is 0 Å². The van der Waals surface area contributed by atoms with Gasteiger partial charge in [-0.2, -0.15) is 8.75 Å². The molecule has 0 unspecified atom stereocenters. The topological polar surface area (TPSA) is 84.0 Å². The molecule has 0 saturated heterocycles. The van der Waals surface area contributed by atoms with E-state index in [-0.39, 0.29) is 18.1 Å². The van der Waals surface area contributed by atoms with E-state index in [0.29, 0.717) is 0 Å². The maximum Gasteiger partial charge on any atom is 0.273 e. The maximum atomic E-state index is 11.9.